The lowest BCUT2D eigenvalue weighted by Gasteiger charge is -2.11. The lowest BCUT2D eigenvalue weighted by molar-refractivity contribution is -0.114. The van der Waals surface area contributed by atoms with Crippen molar-refractivity contribution in [3.8, 4) is 22.7 Å². The van der Waals surface area contributed by atoms with E-state index < -0.39 is 0 Å². The number of rotatable bonds is 8. The van der Waals surface area contributed by atoms with Crippen LogP contribution in [0, 0.1) is 0 Å². The van der Waals surface area contributed by atoms with Crippen LogP contribution in [0.15, 0.2) is 102 Å². The van der Waals surface area contributed by atoms with E-state index in [0.29, 0.717) is 17.9 Å². The standard InChI is InChI=1S/C30H28N4O2/c1-3-4-19-36-27-17-15-23(16-18-27)29-24(21-33(32-29)25-11-7-5-8-12-25)20-28-22(2)31-34(30(28)35)26-13-9-6-10-14-26/h5-18,20-21H,3-4,19H2,1-2H3. The Bertz CT molecular complexity index is 1400. The highest BCUT2D eigenvalue weighted by Gasteiger charge is 2.29. The number of carbonyl (C=O) groups excluding carboxylic acids is 1. The van der Waals surface area contributed by atoms with Gasteiger partial charge in [0.05, 0.1) is 35.0 Å². The average molecular weight is 477 g/mol. The van der Waals surface area contributed by atoms with Crippen molar-refractivity contribution in [3.05, 3.63) is 102 Å². The van der Waals surface area contributed by atoms with Crippen LogP contribution in [-0.2, 0) is 4.79 Å². The molecule has 1 aliphatic heterocycles. The summed E-state index contributed by atoms with van der Waals surface area (Å²) >= 11 is 0. The van der Waals surface area contributed by atoms with Gasteiger partial charge in [0.1, 0.15) is 5.75 Å². The zero-order chi connectivity index (χ0) is 24.9. The number of para-hydroxylation sites is 2. The summed E-state index contributed by atoms with van der Waals surface area (Å²) in [6.07, 6.45) is 5.96. The van der Waals surface area contributed by atoms with Gasteiger partial charge in [-0.05, 0) is 68.0 Å². The fourth-order valence-electron chi connectivity index (χ4n) is 4.06. The van der Waals surface area contributed by atoms with Crippen molar-refractivity contribution in [2.75, 3.05) is 11.6 Å². The molecule has 0 fully saturated rings. The van der Waals surface area contributed by atoms with E-state index in [1.165, 1.54) is 5.01 Å². The molecule has 0 saturated heterocycles. The lowest BCUT2D eigenvalue weighted by Crippen LogP contribution is -2.21. The number of benzene rings is 3. The normalized spacial score (nSPS) is 14.4. The van der Waals surface area contributed by atoms with Crippen LogP contribution in [0.4, 0.5) is 5.69 Å². The molecule has 3 aromatic carbocycles. The van der Waals surface area contributed by atoms with Crippen LogP contribution in [0.5, 0.6) is 5.75 Å². The fraction of sp³-hybridized carbons (Fsp3) is 0.167. The summed E-state index contributed by atoms with van der Waals surface area (Å²) in [7, 11) is 0. The maximum atomic E-state index is 13.3. The SMILES string of the molecule is CCCCOc1ccc(-c2nn(-c3ccccc3)cc2C=C2C(=O)N(c3ccccc3)N=C2C)cc1. The molecule has 36 heavy (non-hydrogen) atoms. The van der Waals surface area contributed by atoms with Gasteiger partial charge in [-0.25, -0.2) is 4.68 Å². The highest BCUT2D eigenvalue weighted by molar-refractivity contribution is 6.32. The van der Waals surface area contributed by atoms with Gasteiger partial charge in [-0.15, -0.1) is 0 Å². The minimum absolute atomic E-state index is 0.156. The Morgan fingerprint density at radius 2 is 1.56 bits per heavy atom. The first-order valence-corrected chi connectivity index (χ1v) is 12.2. The molecule has 0 bridgehead atoms. The third kappa shape index (κ3) is 4.84. The van der Waals surface area contributed by atoms with Crippen molar-refractivity contribution >= 4 is 23.4 Å². The van der Waals surface area contributed by atoms with Crippen LogP contribution < -0.4 is 9.75 Å². The van der Waals surface area contributed by atoms with E-state index in [9.17, 15) is 4.79 Å². The first-order chi connectivity index (χ1) is 17.6. The fourth-order valence-corrected chi connectivity index (χ4v) is 4.06. The predicted molar refractivity (Wildman–Crippen MR) is 144 cm³/mol. The molecule has 4 aromatic rings. The molecular weight excluding hydrogens is 448 g/mol. The predicted octanol–water partition coefficient (Wildman–Crippen LogP) is 6.52. The Morgan fingerprint density at radius 3 is 2.22 bits per heavy atom. The molecule has 1 aliphatic rings. The van der Waals surface area contributed by atoms with Crippen LogP contribution in [0.25, 0.3) is 23.0 Å². The van der Waals surface area contributed by atoms with E-state index in [2.05, 4.69) is 12.0 Å². The van der Waals surface area contributed by atoms with Crippen molar-refractivity contribution < 1.29 is 9.53 Å². The van der Waals surface area contributed by atoms with E-state index in [4.69, 9.17) is 9.84 Å². The Labute approximate surface area is 211 Å². The minimum Gasteiger partial charge on any atom is -0.494 e. The molecule has 2 heterocycles. The zero-order valence-electron chi connectivity index (χ0n) is 20.5. The van der Waals surface area contributed by atoms with Gasteiger partial charge in [0.15, 0.2) is 0 Å². The summed E-state index contributed by atoms with van der Waals surface area (Å²) < 4.78 is 7.67. The number of carbonyl (C=O) groups is 1. The molecular formula is C30H28N4O2. The molecule has 0 saturated carbocycles. The quantitative estimate of drug-likeness (QED) is 0.215. The van der Waals surface area contributed by atoms with E-state index in [0.717, 1.165) is 46.8 Å². The van der Waals surface area contributed by atoms with Crippen LogP contribution in [0.3, 0.4) is 0 Å². The molecule has 5 rings (SSSR count). The van der Waals surface area contributed by atoms with Crippen LogP contribution in [0.2, 0.25) is 0 Å². The molecule has 180 valence electrons. The smallest absolute Gasteiger partial charge is 0.280 e. The van der Waals surface area contributed by atoms with Gasteiger partial charge in [0, 0.05) is 17.3 Å². The number of amides is 1. The first-order valence-electron chi connectivity index (χ1n) is 12.2. The maximum absolute atomic E-state index is 13.3. The summed E-state index contributed by atoms with van der Waals surface area (Å²) in [6.45, 7) is 4.71. The number of nitrogens with zero attached hydrogens (tertiary/aromatic N) is 4. The average Bonchev–Trinajstić information content (AvgIpc) is 3.47. The zero-order valence-corrected chi connectivity index (χ0v) is 20.5. The summed E-state index contributed by atoms with van der Waals surface area (Å²) in [5.41, 5.74) is 5.46. The largest absolute Gasteiger partial charge is 0.494 e. The van der Waals surface area contributed by atoms with Crippen molar-refractivity contribution in [2.24, 2.45) is 5.10 Å². The Hall–Kier alpha value is -4.45. The molecule has 0 radical (unpaired) electrons. The van der Waals surface area contributed by atoms with Gasteiger partial charge in [-0.2, -0.15) is 15.2 Å². The summed E-state index contributed by atoms with van der Waals surface area (Å²) in [4.78, 5) is 13.3. The van der Waals surface area contributed by atoms with Crippen molar-refractivity contribution in [1.82, 2.24) is 9.78 Å². The number of ether oxygens (including phenoxy) is 1. The van der Waals surface area contributed by atoms with Crippen molar-refractivity contribution in [2.45, 2.75) is 26.7 Å². The molecule has 0 N–H and O–H groups in total. The van der Waals surface area contributed by atoms with Crippen molar-refractivity contribution in [3.63, 3.8) is 0 Å². The van der Waals surface area contributed by atoms with Crippen LogP contribution >= 0.6 is 0 Å². The number of unbranched alkanes of at least 4 members (excludes halogenated alkanes) is 1. The third-order valence-corrected chi connectivity index (χ3v) is 6.02. The second kappa shape index (κ2) is 10.4. The number of hydrogen-bond donors (Lipinski definition) is 0. The van der Waals surface area contributed by atoms with Crippen LogP contribution in [0.1, 0.15) is 32.3 Å². The highest BCUT2D eigenvalue weighted by atomic mass is 16.5. The van der Waals surface area contributed by atoms with Crippen molar-refractivity contribution in [1.29, 1.82) is 0 Å². The Balaban J connectivity index is 1.52. The Morgan fingerprint density at radius 1 is 0.889 bits per heavy atom. The number of hydrazone groups is 1. The first kappa shape index (κ1) is 23.3. The van der Waals surface area contributed by atoms with E-state index in [-0.39, 0.29) is 5.91 Å². The maximum Gasteiger partial charge on any atom is 0.280 e. The number of anilines is 1. The van der Waals surface area contributed by atoms with E-state index in [1.807, 2.05) is 109 Å². The number of aromatic nitrogens is 2. The molecule has 0 spiro atoms. The topological polar surface area (TPSA) is 59.7 Å². The second-order valence-corrected chi connectivity index (χ2v) is 8.64. The highest BCUT2D eigenvalue weighted by Crippen LogP contribution is 2.30. The van der Waals surface area contributed by atoms with Gasteiger partial charge in [0.2, 0.25) is 0 Å². The third-order valence-electron chi connectivity index (χ3n) is 6.02. The molecule has 1 aromatic heterocycles. The summed E-state index contributed by atoms with van der Waals surface area (Å²) in [5.74, 6) is 0.679. The monoisotopic (exact) mass is 476 g/mol. The second-order valence-electron chi connectivity index (χ2n) is 8.64. The minimum atomic E-state index is -0.156. The molecule has 0 atom stereocenters. The van der Waals surface area contributed by atoms with E-state index >= 15 is 0 Å². The van der Waals surface area contributed by atoms with Gasteiger partial charge in [-0.3, -0.25) is 4.79 Å². The van der Waals surface area contributed by atoms with Gasteiger partial charge >= 0.3 is 0 Å². The lowest BCUT2D eigenvalue weighted by atomic mass is 10.0. The van der Waals surface area contributed by atoms with Gasteiger partial charge in [0.25, 0.3) is 5.91 Å². The molecule has 0 aliphatic carbocycles. The molecule has 6 heteroatoms. The molecule has 6 nitrogen and oxygen atoms in total. The Kier molecular flexibility index (Phi) is 6.76. The summed E-state index contributed by atoms with van der Waals surface area (Å²) in [5, 5.41) is 10.9. The van der Waals surface area contributed by atoms with E-state index in [1.54, 1.807) is 0 Å². The summed E-state index contributed by atoms with van der Waals surface area (Å²) in [6, 6.07) is 27.3. The molecule has 0 unspecified atom stereocenters. The number of hydrogen-bond acceptors (Lipinski definition) is 4. The molecule has 1 amide bonds. The van der Waals surface area contributed by atoms with Gasteiger partial charge < -0.3 is 4.74 Å². The van der Waals surface area contributed by atoms with Gasteiger partial charge in [-0.1, -0.05) is 49.7 Å². The van der Waals surface area contributed by atoms with Crippen LogP contribution in [-0.4, -0.2) is 28.0 Å².